The molecule has 0 aromatic rings. The molecule has 31 heavy (non-hydrogen) atoms. The first-order chi connectivity index (χ1) is 14.2. The molecule has 0 aromatic heterocycles. The first-order valence-corrected chi connectivity index (χ1v) is 14.8. The lowest BCUT2D eigenvalue weighted by Gasteiger charge is -2.47. The molecule has 2 saturated carbocycles. The lowest BCUT2D eigenvalue weighted by Crippen LogP contribution is -2.52. The van der Waals surface area contributed by atoms with Gasteiger partial charge in [0, 0.05) is 17.1 Å². The van der Waals surface area contributed by atoms with Crippen molar-refractivity contribution >= 4 is 14.3 Å². The molecule has 1 spiro atoms. The van der Waals surface area contributed by atoms with Crippen LogP contribution in [0.2, 0.25) is 18.1 Å². The minimum atomic E-state index is -1.94. The first kappa shape index (κ1) is 23.2. The van der Waals surface area contributed by atoms with Gasteiger partial charge in [0.05, 0.1) is 17.8 Å². The van der Waals surface area contributed by atoms with E-state index in [1.807, 2.05) is 19.9 Å². The maximum Gasteiger partial charge on any atom is 0.337 e. The van der Waals surface area contributed by atoms with Crippen LogP contribution in [0.4, 0.5) is 0 Å². The fraction of sp³-hybridized carbons (Fsp3) is 0.800. The zero-order valence-electron chi connectivity index (χ0n) is 20.5. The first-order valence-electron chi connectivity index (χ1n) is 11.9. The van der Waals surface area contributed by atoms with Crippen LogP contribution in [-0.2, 0) is 18.7 Å². The van der Waals surface area contributed by atoms with Crippen LogP contribution in [0.1, 0.15) is 67.2 Å². The van der Waals surface area contributed by atoms with Gasteiger partial charge in [0.25, 0.3) is 0 Å². The van der Waals surface area contributed by atoms with Gasteiger partial charge in [-0.15, -0.1) is 0 Å². The summed E-state index contributed by atoms with van der Waals surface area (Å²) in [4.78, 5) is 12.9. The van der Waals surface area contributed by atoms with Crippen LogP contribution < -0.4 is 0 Å². The van der Waals surface area contributed by atoms with E-state index >= 15 is 0 Å². The van der Waals surface area contributed by atoms with Crippen molar-refractivity contribution in [3.05, 3.63) is 23.3 Å². The molecule has 2 bridgehead atoms. The largest absolute Gasteiger partial charge is 0.463 e. The van der Waals surface area contributed by atoms with Crippen molar-refractivity contribution in [2.75, 3.05) is 6.61 Å². The molecule has 5 nitrogen and oxygen atoms in total. The van der Waals surface area contributed by atoms with Gasteiger partial charge < -0.3 is 19.0 Å². The van der Waals surface area contributed by atoms with E-state index < -0.39 is 31.0 Å². The van der Waals surface area contributed by atoms with Gasteiger partial charge in [-0.3, -0.25) is 0 Å². The zero-order chi connectivity index (χ0) is 23.0. The molecular formula is C25H40O5Si. The summed E-state index contributed by atoms with van der Waals surface area (Å²) in [5.41, 5.74) is -1.01. The van der Waals surface area contributed by atoms with Crippen LogP contribution in [0.3, 0.4) is 0 Å². The molecule has 0 saturated heterocycles. The van der Waals surface area contributed by atoms with Crippen LogP contribution in [0.25, 0.3) is 0 Å². The van der Waals surface area contributed by atoms with Crippen molar-refractivity contribution in [2.24, 2.45) is 11.3 Å². The summed E-state index contributed by atoms with van der Waals surface area (Å²) in [5.74, 6) is -0.147. The molecule has 2 heterocycles. The van der Waals surface area contributed by atoms with Gasteiger partial charge >= 0.3 is 5.97 Å². The normalized spacial score (nSPS) is 41.9. The van der Waals surface area contributed by atoms with Crippen molar-refractivity contribution in [3.8, 4) is 0 Å². The Morgan fingerprint density at radius 1 is 1.26 bits per heavy atom. The van der Waals surface area contributed by atoms with Crippen LogP contribution in [0.5, 0.6) is 0 Å². The number of aliphatic hydroxyl groups is 1. The summed E-state index contributed by atoms with van der Waals surface area (Å²) >= 11 is 0. The number of carbonyl (C=O) groups is 1. The molecule has 0 radical (unpaired) electrons. The van der Waals surface area contributed by atoms with Crippen LogP contribution in [-0.4, -0.2) is 49.4 Å². The summed E-state index contributed by atoms with van der Waals surface area (Å²) in [6, 6.07) is 0. The highest BCUT2D eigenvalue weighted by atomic mass is 28.4. The van der Waals surface area contributed by atoms with Gasteiger partial charge in [0.2, 0.25) is 0 Å². The van der Waals surface area contributed by atoms with Gasteiger partial charge in [0.15, 0.2) is 8.32 Å². The fourth-order valence-corrected chi connectivity index (χ4v) is 7.68. The van der Waals surface area contributed by atoms with Gasteiger partial charge in [-0.25, -0.2) is 4.79 Å². The molecule has 1 N–H and O–H groups in total. The molecule has 0 aromatic carbocycles. The van der Waals surface area contributed by atoms with E-state index in [0.29, 0.717) is 12.2 Å². The van der Waals surface area contributed by atoms with Crippen molar-refractivity contribution in [2.45, 2.75) is 109 Å². The second-order valence-corrected chi connectivity index (χ2v) is 16.6. The van der Waals surface area contributed by atoms with E-state index in [-0.39, 0.29) is 23.0 Å². The second-order valence-electron chi connectivity index (χ2n) is 11.9. The predicted octanol–water partition coefficient (Wildman–Crippen LogP) is 4.91. The van der Waals surface area contributed by atoms with E-state index in [1.54, 1.807) is 0 Å². The number of rotatable bonds is 4. The Bertz CT molecular complexity index is 835. The highest BCUT2D eigenvalue weighted by Crippen LogP contribution is 2.64. The molecule has 2 fully saturated rings. The highest BCUT2D eigenvalue weighted by Gasteiger charge is 2.67. The Labute approximate surface area is 188 Å². The average Bonchev–Trinajstić information content (AvgIpc) is 3.28. The van der Waals surface area contributed by atoms with E-state index in [2.05, 4.69) is 46.9 Å². The quantitative estimate of drug-likeness (QED) is 0.376. The Hall–Kier alpha value is -0.953. The molecule has 2 aliphatic heterocycles. The van der Waals surface area contributed by atoms with Crippen LogP contribution in [0, 0.1) is 11.3 Å². The fourth-order valence-electron chi connectivity index (χ4n) is 6.28. The van der Waals surface area contributed by atoms with Crippen molar-refractivity contribution in [3.63, 3.8) is 0 Å². The number of esters is 1. The Morgan fingerprint density at radius 2 is 1.94 bits per heavy atom. The number of ether oxygens (including phenoxy) is 2. The molecule has 174 valence electrons. The van der Waals surface area contributed by atoms with Crippen LogP contribution in [0.15, 0.2) is 23.3 Å². The van der Waals surface area contributed by atoms with Crippen LogP contribution >= 0.6 is 0 Å². The molecule has 0 amide bonds. The lowest BCUT2D eigenvalue weighted by atomic mass is 9.62. The summed E-state index contributed by atoms with van der Waals surface area (Å²) < 4.78 is 18.7. The van der Waals surface area contributed by atoms with E-state index in [9.17, 15) is 9.90 Å². The summed E-state index contributed by atoms with van der Waals surface area (Å²) in [5, 5.41) is 12.3. The molecule has 0 unspecified atom stereocenters. The molecule has 6 heteroatoms. The summed E-state index contributed by atoms with van der Waals surface area (Å²) in [7, 11) is -1.94. The van der Waals surface area contributed by atoms with Gasteiger partial charge in [-0.1, -0.05) is 33.8 Å². The lowest BCUT2D eigenvalue weighted by molar-refractivity contribution is -0.139. The zero-order valence-corrected chi connectivity index (χ0v) is 21.5. The molecule has 4 rings (SSSR count). The topological polar surface area (TPSA) is 65.0 Å². The van der Waals surface area contributed by atoms with Crippen molar-refractivity contribution in [1.82, 2.24) is 0 Å². The Kier molecular flexibility index (Phi) is 5.26. The van der Waals surface area contributed by atoms with Crippen molar-refractivity contribution < 1.29 is 23.8 Å². The van der Waals surface area contributed by atoms with E-state index in [0.717, 1.165) is 31.3 Å². The maximum absolute atomic E-state index is 12.9. The number of fused-ring (bicyclic) bond motifs is 2. The molecule has 6 atom stereocenters. The monoisotopic (exact) mass is 448 g/mol. The van der Waals surface area contributed by atoms with Crippen molar-refractivity contribution in [1.29, 1.82) is 0 Å². The standard InChI is InChI=1S/C25H40O5Si/c1-9-28-21(26)19-18-12-15-25(29-18)14-10-16-17(30-31(7,8)22(2,3)4)11-13-23(16,5)24(6,27)20(19)25/h12,15-18,27H,9-11,13-14H2,1-8H3/t16-,17+,18+,23+,24+,25-/m1/s1. The minimum absolute atomic E-state index is 0.125. The molecule has 4 aliphatic rings. The summed E-state index contributed by atoms with van der Waals surface area (Å²) in [6.45, 7) is 17.6. The summed E-state index contributed by atoms with van der Waals surface area (Å²) in [6.07, 6.45) is 7.21. The molecule has 2 aliphatic carbocycles. The third kappa shape index (κ3) is 3.16. The van der Waals surface area contributed by atoms with E-state index in [4.69, 9.17) is 13.9 Å². The third-order valence-electron chi connectivity index (χ3n) is 9.24. The Morgan fingerprint density at radius 3 is 2.55 bits per heavy atom. The maximum atomic E-state index is 12.9. The third-order valence-corrected chi connectivity index (χ3v) is 13.7. The van der Waals surface area contributed by atoms with Gasteiger partial charge in [-0.05, 0) is 69.7 Å². The Balaban J connectivity index is 1.76. The second kappa shape index (κ2) is 7.02. The highest BCUT2D eigenvalue weighted by molar-refractivity contribution is 6.74. The number of hydrogen-bond acceptors (Lipinski definition) is 5. The SMILES string of the molecule is CCOC(=O)C1=C2[C@](C)(O)[C@@]3(C)CC[C@H](O[Si](C)(C)C(C)(C)C)[C@H]3CC[C@@]23C=C[C@@H]1O3. The minimum Gasteiger partial charge on any atom is -0.463 e. The van der Waals surface area contributed by atoms with Gasteiger partial charge in [-0.2, -0.15) is 0 Å². The smallest absolute Gasteiger partial charge is 0.337 e. The predicted molar refractivity (Wildman–Crippen MR) is 123 cm³/mol. The number of hydrogen-bond donors (Lipinski definition) is 1. The van der Waals surface area contributed by atoms with Gasteiger partial charge in [0.1, 0.15) is 11.7 Å². The van der Waals surface area contributed by atoms with E-state index in [1.165, 1.54) is 0 Å². The average molecular weight is 449 g/mol. The number of carbonyl (C=O) groups excluding carboxylic acids is 1. The molecular weight excluding hydrogens is 408 g/mol.